The summed E-state index contributed by atoms with van der Waals surface area (Å²) in [7, 11) is 0. The van der Waals surface area contributed by atoms with Gasteiger partial charge in [0.05, 0.1) is 6.10 Å². The quantitative estimate of drug-likeness (QED) is 0.848. The molecule has 2 rings (SSSR count). The number of halogens is 2. The van der Waals surface area contributed by atoms with Gasteiger partial charge in [-0.1, -0.05) is 11.6 Å². The van der Waals surface area contributed by atoms with Crippen LogP contribution in [0.5, 0.6) is 5.75 Å². The first-order valence-electron chi connectivity index (χ1n) is 6.48. The molecule has 0 radical (unpaired) electrons. The van der Waals surface area contributed by atoms with Crippen molar-refractivity contribution < 1.29 is 9.13 Å². The van der Waals surface area contributed by atoms with Gasteiger partial charge in [0.15, 0.2) is 0 Å². The van der Waals surface area contributed by atoms with E-state index in [1.165, 1.54) is 12.1 Å². The minimum absolute atomic E-state index is 0.156. The lowest BCUT2D eigenvalue weighted by molar-refractivity contribution is 0.242. The first-order chi connectivity index (χ1) is 9.52. The highest BCUT2D eigenvalue weighted by Crippen LogP contribution is 2.19. The Labute approximate surface area is 123 Å². The summed E-state index contributed by atoms with van der Waals surface area (Å²) in [5.74, 6) is 0.509. The zero-order valence-electron chi connectivity index (χ0n) is 11.5. The van der Waals surface area contributed by atoms with Gasteiger partial charge in [-0.3, -0.25) is 0 Å². The van der Waals surface area contributed by atoms with Gasteiger partial charge in [0.25, 0.3) is 0 Å². The Hall–Kier alpha value is -1.74. The van der Waals surface area contributed by atoms with E-state index in [4.69, 9.17) is 16.3 Å². The molecule has 0 heterocycles. The van der Waals surface area contributed by atoms with Gasteiger partial charge in [0.1, 0.15) is 11.6 Å². The third kappa shape index (κ3) is 4.42. The Morgan fingerprint density at radius 1 is 1.15 bits per heavy atom. The lowest BCUT2D eigenvalue weighted by Crippen LogP contribution is -2.05. The summed E-state index contributed by atoms with van der Waals surface area (Å²) < 4.78 is 18.8. The second-order valence-electron chi connectivity index (χ2n) is 4.82. The van der Waals surface area contributed by atoms with E-state index >= 15 is 0 Å². The monoisotopic (exact) mass is 293 g/mol. The normalized spacial score (nSPS) is 10.7. The molecule has 0 fully saturated rings. The van der Waals surface area contributed by atoms with E-state index in [0.29, 0.717) is 11.6 Å². The molecule has 0 aliphatic carbocycles. The van der Waals surface area contributed by atoms with Crippen LogP contribution < -0.4 is 10.1 Å². The first-order valence-corrected chi connectivity index (χ1v) is 6.86. The number of anilines is 1. The molecule has 2 aromatic rings. The molecule has 0 spiro atoms. The van der Waals surface area contributed by atoms with E-state index in [0.717, 1.165) is 17.0 Å². The largest absolute Gasteiger partial charge is 0.491 e. The Morgan fingerprint density at radius 2 is 1.85 bits per heavy atom. The smallest absolute Gasteiger partial charge is 0.125 e. The predicted molar refractivity (Wildman–Crippen MR) is 80.9 cm³/mol. The van der Waals surface area contributed by atoms with Gasteiger partial charge in [-0.15, -0.1) is 0 Å². The molecule has 0 aliphatic rings. The molecule has 0 aliphatic heterocycles. The Bertz CT molecular complexity index is 549. The van der Waals surface area contributed by atoms with Crippen molar-refractivity contribution in [1.29, 1.82) is 0 Å². The topological polar surface area (TPSA) is 21.3 Å². The molecule has 106 valence electrons. The molecule has 20 heavy (non-hydrogen) atoms. The molecule has 0 saturated carbocycles. The van der Waals surface area contributed by atoms with Crippen molar-refractivity contribution >= 4 is 17.3 Å². The fourth-order valence-electron chi connectivity index (χ4n) is 1.84. The van der Waals surface area contributed by atoms with Crippen molar-refractivity contribution in [2.45, 2.75) is 26.5 Å². The second kappa shape index (κ2) is 6.62. The number of hydrogen-bond donors (Lipinski definition) is 1. The minimum Gasteiger partial charge on any atom is -0.491 e. The van der Waals surface area contributed by atoms with Crippen LogP contribution in [0.15, 0.2) is 42.5 Å². The van der Waals surface area contributed by atoms with Gasteiger partial charge in [0.2, 0.25) is 0 Å². The lowest BCUT2D eigenvalue weighted by atomic mass is 10.2. The van der Waals surface area contributed by atoms with E-state index in [1.807, 2.05) is 38.1 Å². The molecule has 0 saturated heterocycles. The summed E-state index contributed by atoms with van der Waals surface area (Å²) in [6.07, 6.45) is 0.156. The average Bonchev–Trinajstić information content (AvgIpc) is 2.36. The number of nitrogens with one attached hydrogen (secondary N) is 1. The molecule has 0 amide bonds. The van der Waals surface area contributed by atoms with Crippen molar-refractivity contribution in [1.82, 2.24) is 0 Å². The molecule has 0 bridgehead atoms. The third-order valence-corrected chi connectivity index (χ3v) is 2.86. The van der Waals surface area contributed by atoms with Crippen LogP contribution in [-0.4, -0.2) is 6.10 Å². The maximum atomic E-state index is 13.2. The zero-order chi connectivity index (χ0) is 14.5. The number of ether oxygens (including phenoxy) is 1. The van der Waals surface area contributed by atoms with E-state index in [2.05, 4.69) is 5.32 Å². The van der Waals surface area contributed by atoms with E-state index < -0.39 is 0 Å². The third-order valence-electron chi connectivity index (χ3n) is 2.65. The molecule has 4 heteroatoms. The molecule has 0 aromatic heterocycles. The highest BCUT2D eigenvalue weighted by Gasteiger charge is 2.01. The van der Waals surface area contributed by atoms with Crippen LogP contribution in [0.25, 0.3) is 0 Å². The van der Waals surface area contributed by atoms with E-state index in [-0.39, 0.29) is 11.9 Å². The second-order valence-corrected chi connectivity index (χ2v) is 5.26. The van der Waals surface area contributed by atoms with Crippen LogP contribution >= 0.6 is 11.6 Å². The van der Waals surface area contributed by atoms with Gasteiger partial charge in [-0.05, 0) is 61.9 Å². The summed E-state index contributed by atoms with van der Waals surface area (Å²) in [5, 5.41) is 3.62. The summed E-state index contributed by atoms with van der Waals surface area (Å²) in [6.45, 7) is 4.49. The molecule has 0 atom stereocenters. The first kappa shape index (κ1) is 14.7. The van der Waals surface area contributed by atoms with Gasteiger partial charge in [0, 0.05) is 17.3 Å². The number of rotatable bonds is 5. The fraction of sp³-hybridized carbons (Fsp3) is 0.250. The average molecular weight is 294 g/mol. The van der Waals surface area contributed by atoms with Crippen LogP contribution in [0.3, 0.4) is 0 Å². The van der Waals surface area contributed by atoms with Gasteiger partial charge < -0.3 is 10.1 Å². The molecule has 1 N–H and O–H groups in total. The summed E-state index contributed by atoms with van der Waals surface area (Å²) >= 11 is 5.82. The van der Waals surface area contributed by atoms with Crippen LogP contribution in [0.4, 0.5) is 10.1 Å². The van der Waals surface area contributed by atoms with Crippen LogP contribution in [0, 0.1) is 5.82 Å². The van der Waals surface area contributed by atoms with E-state index in [1.54, 1.807) is 6.07 Å². The predicted octanol–water partition coefficient (Wildman–Crippen LogP) is 4.88. The zero-order valence-corrected chi connectivity index (χ0v) is 12.2. The number of hydrogen-bond acceptors (Lipinski definition) is 2. The minimum atomic E-state index is -0.324. The van der Waals surface area contributed by atoms with Gasteiger partial charge in [-0.25, -0.2) is 4.39 Å². The summed E-state index contributed by atoms with van der Waals surface area (Å²) in [5.41, 5.74) is 1.75. The van der Waals surface area contributed by atoms with Gasteiger partial charge >= 0.3 is 0 Å². The van der Waals surface area contributed by atoms with Crippen LogP contribution in [-0.2, 0) is 6.54 Å². The highest BCUT2D eigenvalue weighted by atomic mass is 35.5. The van der Waals surface area contributed by atoms with Crippen molar-refractivity contribution in [3.8, 4) is 5.75 Å². The van der Waals surface area contributed by atoms with Crippen molar-refractivity contribution in [3.63, 3.8) is 0 Å². The van der Waals surface area contributed by atoms with Crippen LogP contribution in [0.1, 0.15) is 19.4 Å². The Morgan fingerprint density at radius 3 is 2.45 bits per heavy atom. The van der Waals surface area contributed by atoms with Crippen molar-refractivity contribution in [2.75, 3.05) is 5.32 Å². The fourth-order valence-corrected chi connectivity index (χ4v) is 2.09. The summed E-state index contributed by atoms with van der Waals surface area (Å²) in [6, 6.07) is 12.2. The molecule has 2 nitrogen and oxygen atoms in total. The maximum Gasteiger partial charge on any atom is 0.125 e. The van der Waals surface area contributed by atoms with Gasteiger partial charge in [-0.2, -0.15) is 0 Å². The lowest BCUT2D eigenvalue weighted by Gasteiger charge is -2.11. The van der Waals surface area contributed by atoms with Crippen molar-refractivity contribution in [2.24, 2.45) is 0 Å². The molecule has 0 unspecified atom stereocenters. The standard InChI is InChI=1S/C16H17ClFNO/c1-11(2)20-16-5-3-15(4-6-16)19-10-12-7-13(17)9-14(18)8-12/h3-9,11,19H,10H2,1-2H3. The molecular formula is C16H17ClFNO. The Balaban J connectivity index is 1.96. The molecule has 2 aromatic carbocycles. The van der Waals surface area contributed by atoms with Crippen LogP contribution in [0.2, 0.25) is 5.02 Å². The molecular weight excluding hydrogens is 277 g/mol. The maximum absolute atomic E-state index is 13.2. The Kier molecular flexibility index (Phi) is 4.85. The SMILES string of the molecule is CC(C)Oc1ccc(NCc2cc(F)cc(Cl)c2)cc1. The van der Waals surface area contributed by atoms with E-state index in [9.17, 15) is 4.39 Å². The summed E-state index contributed by atoms with van der Waals surface area (Å²) in [4.78, 5) is 0. The van der Waals surface area contributed by atoms with Crippen molar-refractivity contribution in [3.05, 3.63) is 58.9 Å². The number of benzene rings is 2. The highest BCUT2D eigenvalue weighted by molar-refractivity contribution is 6.30.